The molecule has 1 fully saturated rings. The van der Waals surface area contributed by atoms with E-state index in [-0.39, 0.29) is 11.9 Å². The third-order valence-electron chi connectivity index (χ3n) is 3.63. The van der Waals surface area contributed by atoms with E-state index < -0.39 is 0 Å². The quantitative estimate of drug-likeness (QED) is 0.796. The molecule has 0 radical (unpaired) electrons. The fraction of sp³-hybridized carbons (Fsp3) is 0.692. The minimum Gasteiger partial charge on any atom is -0.349 e. The maximum Gasteiger partial charge on any atom is 0.254 e. The van der Waals surface area contributed by atoms with Crippen molar-refractivity contribution in [3.63, 3.8) is 0 Å². The summed E-state index contributed by atoms with van der Waals surface area (Å²) in [6, 6.07) is 0.265. The van der Waals surface area contributed by atoms with Crippen LogP contribution in [0.3, 0.4) is 0 Å². The second kappa shape index (κ2) is 6.16. The average Bonchev–Trinajstić information content (AvgIpc) is 2.71. The maximum absolute atomic E-state index is 12.2. The molecule has 1 aromatic rings. The highest BCUT2D eigenvalue weighted by molar-refractivity contribution is 5.95. The van der Waals surface area contributed by atoms with E-state index in [0.717, 1.165) is 38.2 Å². The van der Waals surface area contributed by atoms with E-state index in [4.69, 9.17) is 5.73 Å². The van der Waals surface area contributed by atoms with Crippen LogP contribution in [0.4, 0.5) is 0 Å². The molecule has 1 aliphatic heterocycles. The number of carbonyl (C=O) groups is 1. The molecule has 1 aliphatic rings. The molecule has 2 heterocycles. The number of aryl methyl sites for hydroxylation is 2. The number of amides is 1. The number of nitrogens with two attached hydrogens (primary N) is 1. The van der Waals surface area contributed by atoms with Crippen molar-refractivity contribution in [2.75, 3.05) is 26.2 Å². The van der Waals surface area contributed by atoms with Gasteiger partial charge in [-0.05, 0) is 19.8 Å². The molecule has 1 aromatic heterocycles. The van der Waals surface area contributed by atoms with Crippen LogP contribution in [0.25, 0.3) is 0 Å². The van der Waals surface area contributed by atoms with E-state index in [1.54, 1.807) is 10.9 Å². The zero-order chi connectivity index (χ0) is 13.8. The van der Waals surface area contributed by atoms with Crippen LogP contribution in [0.2, 0.25) is 0 Å². The van der Waals surface area contributed by atoms with Crippen molar-refractivity contribution in [2.45, 2.75) is 25.8 Å². The monoisotopic (exact) mass is 265 g/mol. The summed E-state index contributed by atoms with van der Waals surface area (Å²) in [6.07, 6.45) is 3.75. The Hall–Kier alpha value is -1.40. The lowest BCUT2D eigenvalue weighted by Gasteiger charge is -2.31. The van der Waals surface area contributed by atoms with Gasteiger partial charge in [0.1, 0.15) is 0 Å². The van der Waals surface area contributed by atoms with Gasteiger partial charge >= 0.3 is 0 Å². The van der Waals surface area contributed by atoms with Gasteiger partial charge in [-0.2, -0.15) is 5.10 Å². The van der Waals surface area contributed by atoms with Crippen molar-refractivity contribution in [1.29, 1.82) is 0 Å². The van der Waals surface area contributed by atoms with Gasteiger partial charge in [0.25, 0.3) is 5.91 Å². The molecular weight excluding hydrogens is 242 g/mol. The molecule has 0 spiro atoms. The first kappa shape index (κ1) is 14.0. The van der Waals surface area contributed by atoms with Crippen LogP contribution in [0.5, 0.6) is 0 Å². The Labute approximate surface area is 113 Å². The highest BCUT2D eigenvalue weighted by Gasteiger charge is 2.22. The van der Waals surface area contributed by atoms with Crippen LogP contribution in [0.15, 0.2) is 6.20 Å². The van der Waals surface area contributed by atoms with Crippen molar-refractivity contribution in [2.24, 2.45) is 12.8 Å². The van der Waals surface area contributed by atoms with E-state index in [2.05, 4.69) is 15.3 Å². The second-order valence-electron chi connectivity index (χ2n) is 5.18. The van der Waals surface area contributed by atoms with Crippen LogP contribution < -0.4 is 11.1 Å². The third-order valence-corrected chi connectivity index (χ3v) is 3.63. The average molecular weight is 265 g/mol. The normalized spacial score (nSPS) is 17.6. The van der Waals surface area contributed by atoms with Crippen molar-refractivity contribution in [1.82, 2.24) is 20.0 Å². The minimum absolute atomic E-state index is 0.0112. The van der Waals surface area contributed by atoms with Gasteiger partial charge in [-0.25, -0.2) is 0 Å². The molecule has 0 saturated carbocycles. The molecule has 19 heavy (non-hydrogen) atoms. The van der Waals surface area contributed by atoms with Crippen LogP contribution in [-0.4, -0.2) is 52.8 Å². The fourth-order valence-corrected chi connectivity index (χ4v) is 2.57. The van der Waals surface area contributed by atoms with Crippen molar-refractivity contribution < 1.29 is 4.79 Å². The molecular formula is C13H23N5O. The van der Waals surface area contributed by atoms with Crippen molar-refractivity contribution >= 4 is 5.91 Å². The molecule has 0 atom stereocenters. The van der Waals surface area contributed by atoms with Gasteiger partial charge < -0.3 is 16.0 Å². The van der Waals surface area contributed by atoms with E-state index >= 15 is 0 Å². The molecule has 6 heteroatoms. The first-order valence-corrected chi connectivity index (χ1v) is 6.83. The third kappa shape index (κ3) is 3.54. The topological polar surface area (TPSA) is 76.2 Å². The number of hydrogen-bond acceptors (Lipinski definition) is 4. The van der Waals surface area contributed by atoms with Gasteiger partial charge in [-0.3, -0.25) is 9.48 Å². The SMILES string of the molecule is Cc1nn(C)cc1C(=O)NC1CCN(CCN)CC1. The van der Waals surface area contributed by atoms with E-state index in [1.165, 1.54) is 0 Å². The standard InChI is InChI=1S/C13H23N5O/c1-10-12(9-17(2)16-10)13(19)15-11-3-6-18(7-4-11)8-5-14/h9,11H,3-8,14H2,1-2H3,(H,15,19). The second-order valence-corrected chi connectivity index (χ2v) is 5.18. The number of aromatic nitrogens is 2. The van der Waals surface area contributed by atoms with Crippen LogP contribution in [-0.2, 0) is 7.05 Å². The number of rotatable bonds is 4. The molecule has 0 aromatic carbocycles. The van der Waals surface area contributed by atoms with E-state index in [1.807, 2.05) is 14.0 Å². The van der Waals surface area contributed by atoms with Crippen LogP contribution >= 0.6 is 0 Å². The van der Waals surface area contributed by atoms with Gasteiger partial charge in [0.05, 0.1) is 11.3 Å². The van der Waals surface area contributed by atoms with Gasteiger partial charge in [0.2, 0.25) is 0 Å². The van der Waals surface area contributed by atoms with Gasteiger partial charge in [0.15, 0.2) is 0 Å². The Morgan fingerprint density at radius 1 is 1.53 bits per heavy atom. The number of carbonyl (C=O) groups excluding carboxylic acids is 1. The minimum atomic E-state index is -0.0112. The summed E-state index contributed by atoms with van der Waals surface area (Å²) in [5.41, 5.74) is 7.00. The first-order valence-electron chi connectivity index (χ1n) is 6.83. The van der Waals surface area contributed by atoms with Crippen molar-refractivity contribution in [3.05, 3.63) is 17.5 Å². The largest absolute Gasteiger partial charge is 0.349 e. The smallest absolute Gasteiger partial charge is 0.254 e. The van der Waals surface area contributed by atoms with E-state index in [0.29, 0.717) is 12.1 Å². The number of likely N-dealkylation sites (tertiary alicyclic amines) is 1. The highest BCUT2D eigenvalue weighted by Crippen LogP contribution is 2.11. The first-order chi connectivity index (χ1) is 9.10. The molecule has 2 rings (SSSR count). The summed E-state index contributed by atoms with van der Waals surface area (Å²) in [7, 11) is 1.83. The van der Waals surface area contributed by atoms with Crippen molar-refractivity contribution in [3.8, 4) is 0 Å². The Morgan fingerprint density at radius 2 is 2.21 bits per heavy atom. The molecule has 0 bridgehead atoms. The number of piperidine rings is 1. The molecule has 106 valence electrons. The molecule has 1 saturated heterocycles. The molecule has 0 unspecified atom stereocenters. The number of nitrogens with zero attached hydrogens (tertiary/aromatic N) is 3. The predicted molar refractivity (Wildman–Crippen MR) is 73.9 cm³/mol. The maximum atomic E-state index is 12.2. The lowest BCUT2D eigenvalue weighted by atomic mass is 10.0. The molecule has 3 N–H and O–H groups in total. The molecule has 1 amide bonds. The highest BCUT2D eigenvalue weighted by atomic mass is 16.1. The predicted octanol–water partition coefficient (Wildman–Crippen LogP) is -0.119. The van der Waals surface area contributed by atoms with Gasteiger partial charge in [0, 0.05) is 45.5 Å². The van der Waals surface area contributed by atoms with Gasteiger partial charge in [-0.15, -0.1) is 0 Å². The summed E-state index contributed by atoms with van der Waals surface area (Å²) in [6.45, 7) is 5.52. The molecule has 0 aliphatic carbocycles. The summed E-state index contributed by atoms with van der Waals surface area (Å²) < 4.78 is 1.67. The summed E-state index contributed by atoms with van der Waals surface area (Å²) in [5.74, 6) is -0.0112. The Kier molecular flexibility index (Phi) is 4.55. The Bertz CT molecular complexity index is 434. The zero-order valence-corrected chi connectivity index (χ0v) is 11.7. The zero-order valence-electron chi connectivity index (χ0n) is 11.7. The Morgan fingerprint density at radius 3 is 2.74 bits per heavy atom. The lowest BCUT2D eigenvalue weighted by Crippen LogP contribution is -2.45. The molecule has 6 nitrogen and oxygen atoms in total. The van der Waals surface area contributed by atoms with Crippen LogP contribution in [0, 0.1) is 6.92 Å². The van der Waals surface area contributed by atoms with Crippen LogP contribution in [0.1, 0.15) is 28.9 Å². The summed E-state index contributed by atoms with van der Waals surface area (Å²) in [5, 5.41) is 7.30. The number of nitrogens with one attached hydrogen (secondary N) is 1. The Balaban J connectivity index is 1.85. The van der Waals surface area contributed by atoms with Gasteiger partial charge in [-0.1, -0.05) is 0 Å². The number of hydrogen-bond donors (Lipinski definition) is 2. The summed E-state index contributed by atoms with van der Waals surface area (Å²) in [4.78, 5) is 14.5. The fourth-order valence-electron chi connectivity index (χ4n) is 2.57. The summed E-state index contributed by atoms with van der Waals surface area (Å²) >= 11 is 0. The lowest BCUT2D eigenvalue weighted by molar-refractivity contribution is 0.0911. The van der Waals surface area contributed by atoms with E-state index in [9.17, 15) is 4.79 Å².